The summed E-state index contributed by atoms with van der Waals surface area (Å²) in [5.41, 5.74) is 4.05. The fourth-order valence-corrected chi connectivity index (χ4v) is 4.16. The van der Waals surface area contributed by atoms with Crippen LogP contribution in [0.4, 0.5) is 19.0 Å². The molecular weight excluding hydrogens is 405 g/mol. The summed E-state index contributed by atoms with van der Waals surface area (Å²) in [5, 5.41) is 4.40. The molecule has 1 aliphatic heterocycles. The third-order valence-electron chi connectivity index (χ3n) is 5.82. The zero-order valence-corrected chi connectivity index (χ0v) is 17.4. The number of halogens is 3. The van der Waals surface area contributed by atoms with Gasteiger partial charge in [-0.15, -0.1) is 0 Å². The molecule has 1 saturated heterocycles. The second kappa shape index (κ2) is 6.83. The average Bonchev–Trinajstić information content (AvgIpc) is 3.22. The highest BCUT2D eigenvalue weighted by atomic mass is 19.4. The molecule has 4 aromatic rings. The molecule has 5 rings (SSSR count). The van der Waals surface area contributed by atoms with E-state index in [1.807, 2.05) is 20.0 Å². The molecule has 1 aromatic carbocycles. The van der Waals surface area contributed by atoms with Crippen LogP contribution in [0.15, 0.2) is 36.7 Å². The normalized spacial score (nSPS) is 14.3. The highest BCUT2D eigenvalue weighted by Gasteiger charge is 2.31. The molecule has 0 radical (unpaired) electrons. The Morgan fingerprint density at radius 1 is 1.00 bits per heavy atom. The fraction of sp³-hybridized carbons (Fsp3) is 0.318. The van der Waals surface area contributed by atoms with Crippen molar-refractivity contribution in [2.75, 3.05) is 18.0 Å². The van der Waals surface area contributed by atoms with Gasteiger partial charge in [-0.2, -0.15) is 18.3 Å². The molecule has 4 heterocycles. The molecule has 0 amide bonds. The van der Waals surface area contributed by atoms with Gasteiger partial charge in [-0.3, -0.25) is 9.08 Å². The van der Waals surface area contributed by atoms with Crippen molar-refractivity contribution in [3.05, 3.63) is 53.7 Å². The monoisotopic (exact) mass is 426 g/mol. The molecule has 0 saturated carbocycles. The van der Waals surface area contributed by atoms with E-state index in [2.05, 4.69) is 19.4 Å². The van der Waals surface area contributed by atoms with Gasteiger partial charge in [-0.05, 0) is 32.4 Å². The lowest BCUT2D eigenvalue weighted by Crippen LogP contribution is -2.38. The average molecular weight is 426 g/mol. The van der Waals surface area contributed by atoms with Gasteiger partial charge in [0.1, 0.15) is 17.0 Å². The first-order valence-corrected chi connectivity index (χ1v) is 10.1. The van der Waals surface area contributed by atoms with E-state index in [4.69, 9.17) is 4.98 Å². The SMILES string of the molecule is Cc1cnc(N2CCC2)c2c(-c3cnn(C)c3-c3ccc(C(F)(F)F)cc3)nc(C)n12. The van der Waals surface area contributed by atoms with Gasteiger partial charge >= 0.3 is 6.18 Å². The van der Waals surface area contributed by atoms with E-state index in [1.54, 1.807) is 17.9 Å². The summed E-state index contributed by atoms with van der Waals surface area (Å²) in [7, 11) is 1.78. The zero-order chi connectivity index (χ0) is 21.9. The molecule has 3 aromatic heterocycles. The number of fused-ring (bicyclic) bond motifs is 1. The van der Waals surface area contributed by atoms with E-state index in [0.717, 1.165) is 65.8 Å². The number of alkyl halides is 3. The van der Waals surface area contributed by atoms with Crippen LogP contribution in [-0.4, -0.2) is 37.2 Å². The standard InChI is InChI=1S/C22H21F3N6/c1-13-11-26-21(30-9-4-10-30)20-18(28-14(2)31(13)20)17-12-27-29(3)19(17)15-5-7-16(8-6-15)22(23,24)25/h5-8,11-12H,4,9-10H2,1-3H3. The second-order valence-corrected chi connectivity index (χ2v) is 7.86. The number of imidazole rings is 1. The minimum Gasteiger partial charge on any atom is -0.355 e. The zero-order valence-electron chi connectivity index (χ0n) is 17.4. The van der Waals surface area contributed by atoms with Crippen LogP contribution in [-0.2, 0) is 13.2 Å². The minimum absolute atomic E-state index is 0.646. The van der Waals surface area contributed by atoms with E-state index in [-0.39, 0.29) is 0 Å². The van der Waals surface area contributed by atoms with Crippen molar-refractivity contribution in [3.8, 4) is 22.5 Å². The van der Waals surface area contributed by atoms with Gasteiger partial charge in [0.25, 0.3) is 0 Å². The molecule has 0 unspecified atom stereocenters. The Morgan fingerprint density at radius 2 is 1.71 bits per heavy atom. The van der Waals surface area contributed by atoms with Crippen LogP contribution < -0.4 is 4.90 Å². The number of benzene rings is 1. The first kappa shape index (κ1) is 19.6. The van der Waals surface area contributed by atoms with Crippen molar-refractivity contribution in [2.24, 2.45) is 7.05 Å². The number of hydrogen-bond acceptors (Lipinski definition) is 4. The predicted molar refractivity (Wildman–Crippen MR) is 112 cm³/mol. The number of aryl methyl sites for hydroxylation is 3. The fourth-order valence-electron chi connectivity index (χ4n) is 4.16. The first-order valence-electron chi connectivity index (χ1n) is 10.1. The van der Waals surface area contributed by atoms with Gasteiger partial charge in [0.2, 0.25) is 0 Å². The third-order valence-corrected chi connectivity index (χ3v) is 5.82. The molecular formula is C22H21F3N6. The van der Waals surface area contributed by atoms with Crippen LogP contribution in [0.3, 0.4) is 0 Å². The van der Waals surface area contributed by atoms with Crippen molar-refractivity contribution in [1.82, 2.24) is 24.1 Å². The van der Waals surface area contributed by atoms with Gasteiger partial charge in [0.05, 0.1) is 17.5 Å². The lowest BCUT2D eigenvalue weighted by molar-refractivity contribution is -0.137. The van der Waals surface area contributed by atoms with Crippen molar-refractivity contribution in [3.63, 3.8) is 0 Å². The molecule has 0 spiro atoms. The molecule has 0 bridgehead atoms. The maximum atomic E-state index is 13.0. The Kier molecular flexibility index (Phi) is 4.32. The minimum atomic E-state index is -4.37. The quantitative estimate of drug-likeness (QED) is 0.479. The third kappa shape index (κ3) is 3.07. The van der Waals surface area contributed by atoms with E-state index in [9.17, 15) is 13.2 Å². The van der Waals surface area contributed by atoms with Crippen LogP contribution in [0, 0.1) is 13.8 Å². The molecule has 1 fully saturated rings. The smallest absolute Gasteiger partial charge is 0.355 e. The summed E-state index contributed by atoms with van der Waals surface area (Å²) in [6, 6.07) is 5.16. The van der Waals surface area contributed by atoms with Crippen LogP contribution in [0.2, 0.25) is 0 Å². The van der Waals surface area contributed by atoms with E-state index >= 15 is 0 Å². The molecule has 0 N–H and O–H groups in total. The summed E-state index contributed by atoms with van der Waals surface area (Å²) in [5.74, 6) is 1.70. The molecule has 160 valence electrons. The number of rotatable bonds is 3. The molecule has 1 aliphatic rings. The van der Waals surface area contributed by atoms with Crippen molar-refractivity contribution in [2.45, 2.75) is 26.4 Å². The lowest BCUT2D eigenvalue weighted by Gasteiger charge is -2.32. The van der Waals surface area contributed by atoms with Crippen LogP contribution in [0.1, 0.15) is 23.5 Å². The Bertz CT molecular complexity index is 1280. The first-order chi connectivity index (χ1) is 14.8. The summed E-state index contributed by atoms with van der Waals surface area (Å²) in [4.78, 5) is 11.7. The van der Waals surface area contributed by atoms with Gasteiger partial charge in [-0.25, -0.2) is 9.97 Å². The van der Waals surface area contributed by atoms with E-state index in [0.29, 0.717) is 11.3 Å². The summed E-state index contributed by atoms with van der Waals surface area (Å²) in [6.45, 7) is 5.80. The van der Waals surface area contributed by atoms with Gasteiger partial charge < -0.3 is 4.90 Å². The highest BCUT2D eigenvalue weighted by Crippen LogP contribution is 2.39. The maximum absolute atomic E-state index is 13.0. The number of aromatic nitrogens is 5. The Labute approximate surface area is 177 Å². The van der Waals surface area contributed by atoms with Crippen LogP contribution in [0.5, 0.6) is 0 Å². The maximum Gasteiger partial charge on any atom is 0.416 e. The Morgan fingerprint density at radius 3 is 2.32 bits per heavy atom. The molecule has 0 aliphatic carbocycles. The summed E-state index contributed by atoms with van der Waals surface area (Å²) >= 11 is 0. The number of nitrogens with zero attached hydrogens (tertiary/aromatic N) is 6. The molecule has 31 heavy (non-hydrogen) atoms. The van der Waals surface area contributed by atoms with Crippen LogP contribution in [0.25, 0.3) is 28.0 Å². The Hall–Kier alpha value is -3.36. The van der Waals surface area contributed by atoms with Crippen LogP contribution >= 0.6 is 0 Å². The highest BCUT2D eigenvalue weighted by molar-refractivity contribution is 5.92. The number of hydrogen-bond donors (Lipinski definition) is 0. The van der Waals surface area contributed by atoms with E-state index in [1.165, 1.54) is 12.1 Å². The van der Waals surface area contributed by atoms with Gasteiger partial charge in [-0.1, -0.05) is 12.1 Å². The van der Waals surface area contributed by atoms with Crippen molar-refractivity contribution in [1.29, 1.82) is 0 Å². The van der Waals surface area contributed by atoms with E-state index < -0.39 is 11.7 Å². The van der Waals surface area contributed by atoms with Gasteiger partial charge in [0, 0.05) is 43.2 Å². The van der Waals surface area contributed by atoms with Gasteiger partial charge in [0.15, 0.2) is 5.82 Å². The molecule has 9 heteroatoms. The Balaban J connectivity index is 1.72. The van der Waals surface area contributed by atoms with Crippen molar-refractivity contribution >= 4 is 11.3 Å². The molecule has 0 atom stereocenters. The number of anilines is 1. The largest absolute Gasteiger partial charge is 0.416 e. The lowest BCUT2D eigenvalue weighted by atomic mass is 10.0. The predicted octanol–water partition coefficient (Wildman–Crippen LogP) is 4.64. The topological polar surface area (TPSA) is 51.2 Å². The molecule has 6 nitrogen and oxygen atoms in total. The van der Waals surface area contributed by atoms with Crippen molar-refractivity contribution < 1.29 is 13.2 Å². The summed E-state index contributed by atoms with van der Waals surface area (Å²) in [6.07, 6.45) is 0.310. The second-order valence-electron chi connectivity index (χ2n) is 7.86. The summed E-state index contributed by atoms with van der Waals surface area (Å²) < 4.78 is 42.8.